The normalized spacial score (nSPS) is 26.4. The Morgan fingerprint density at radius 2 is 2.15 bits per heavy atom. The van der Waals surface area contributed by atoms with Gasteiger partial charge >= 0.3 is 0 Å². The summed E-state index contributed by atoms with van der Waals surface area (Å²) in [4.78, 5) is 11.1. The molecule has 3 nitrogen and oxygen atoms in total. The van der Waals surface area contributed by atoms with E-state index in [1.807, 2.05) is 6.07 Å². The first kappa shape index (κ1) is 15.3. The molecule has 3 unspecified atom stereocenters. The molecule has 1 aromatic carbocycles. The molecule has 110 valence electrons. The number of hydrogen-bond acceptors (Lipinski definition) is 2. The molecule has 0 heterocycles. The van der Waals surface area contributed by atoms with Crippen molar-refractivity contribution in [3.8, 4) is 0 Å². The summed E-state index contributed by atoms with van der Waals surface area (Å²) in [6, 6.07) is 5.81. The van der Waals surface area contributed by atoms with Crippen LogP contribution in [0.15, 0.2) is 18.2 Å². The standard InChI is InChI=1S/C16H23ClN2O/c1-10-3-6-15(11(2)7-10)19-9-13-5-4-12(16(18)20)8-14(13)17/h4-5,8,10-11,15,19H,3,6-7,9H2,1-2H3,(H2,18,20). The highest BCUT2D eigenvalue weighted by atomic mass is 35.5. The first-order valence-electron chi connectivity index (χ1n) is 7.29. The average molecular weight is 295 g/mol. The molecule has 1 aliphatic rings. The number of carbonyl (C=O) groups is 1. The van der Waals surface area contributed by atoms with Gasteiger partial charge in [0, 0.05) is 23.2 Å². The summed E-state index contributed by atoms with van der Waals surface area (Å²) in [5, 5.41) is 4.20. The molecule has 0 aliphatic heterocycles. The van der Waals surface area contributed by atoms with E-state index in [-0.39, 0.29) is 0 Å². The lowest BCUT2D eigenvalue weighted by Gasteiger charge is -2.33. The predicted molar refractivity (Wildman–Crippen MR) is 82.8 cm³/mol. The molecule has 0 saturated heterocycles. The molecule has 4 heteroatoms. The minimum Gasteiger partial charge on any atom is -0.366 e. The smallest absolute Gasteiger partial charge is 0.248 e. The van der Waals surface area contributed by atoms with Gasteiger partial charge in [0.25, 0.3) is 0 Å². The summed E-state index contributed by atoms with van der Waals surface area (Å²) >= 11 is 6.20. The lowest BCUT2D eigenvalue weighted by Crippen LogP contribution is -2.38. The van der Waals surface area contributed by atoms with Gasteiger partial charge in [0.2, 0.25) is 5.91 Å². The van der Waals surface area contributed by atoms with Crippen molar-refractivity contribution in [3.63, 3.8) is 0 Å². The van der Waals surface area contributed by atoms with Crippen molar-refractivity contribution in [1.29, 1.82) is 0 Å². The van der Waals surface area contributed by atoms with Gasteiger partial charge < -0.3 is 11.1 Å². The summed E-state index contributed by atoms with van der Waals surface area (Å²) in [5.74, 6) is 1.09. The van der Waals surface area contributed by atoms with Crippen LogP contribution in [0.4, 0.5) is 0 Å². The van der Waals surface area contributed by atoms with Crippen LogP contribution >= 0.6 is 11.6 Å². The molecule has 1 aromatic rings. The Hall–Kier alpha value is -1.06. The molecule has 3 atom stereocenters. The van der Waals surface area contributed by atoms with Crippen LogP contribution in [0.5, 0.6) is 0 Å². The van der Waals surface area contributed by atoms with E-state index in [9.17, 15) is 4.79 Å². The zero-order chi connectivity index (χ0) is 14.7. The van der Waals surface area contributed by atoms with Crippen molar-refractivity contribution in [2.45, 2.75) is 45.7 Å². The van der Waals surface area contributed by atoms with Crippen molar-refractivity contribution >= 4 is 17.5 Å². The third-order valence-corrected chi connectivity index (χ3v) is 4.68. The lowest BCUT2D eigenvalue weighted by molar-refractivity contribution is 0.100. The molecule has 1 fully saturated rings. The van der Waals surface area contributed by atoms with Crippen LogP contribution in [0.3, 0.4) is 0 Å². The van der Waals surface area contributed by atoms with Gasteiger partial charge in [-0.3, -0.25) is 4.79 Å². The second kappa shape index (κ2) is 6.59. The lowest BCUT2D eigenvalue weighted by atomic mass is 9.80. The average Bonchev–Trinajstić information content (AvgIpc) is 2.38. The van der Waals surface area contributed by atoms with E-state index < -0.39 is 5.91 Å². The molecule has 0 spiro atoms. The zero-order valence-electron chi connectivity index (χ0n) is 12.2. The molecule has 0 aromatic heterocycles. The van der Waals surface area contributed by atoms with E-state index in [0.717, 1.165) is 18.0 Å². The molecule has 3 N–H and O–H groups in total. The van der Waals surface area contributed by atoms with Crippen LogP contribution in [-0.4, -0.2) is 11.9 Å². The second-order valence-electron chi connectivity index (χ2n) is 6.05. The molecule has 1 saturated carbocycles. The maximum atomic E-state index is 11.1. The number of rotatable bonds is 4. The Morgan fingerprint density at radius 3 is 2.75 bits per heavy atom. The van der Waals surface area contributed by atoms with Gasteiger partial charge in [-0.05, 0) is 48.8 Å². The van der Waals surface area contributed by atoms with E-state index in [1.54, 1.807) is 12.1 Å². The molecular weight excluding hydrogens is 272 g/mol. The van der Waals surface area contributed by atoms with Gasteiger partial charge in [-0.1, -0.05) is 31.5 Å². The van der Waals surface area contributed by atoms with E-state index in [2.05, 4.69) is 19.2 Å². The highest BCUT2D eigenvalue weighted by Gasteiger charge is 2.24. The molecule has 1 amide bonds. The quantitative estimate of drug-likeness (QED) is 0.895. The van der Waals surface area contributed by atoms with Crippen LogP contribution in [-0.2, 0) is 6.54 Å². The summed E-state index contributed by atoms with van der Waals surface area (Å²) in [6.45, 7) is 5.37. The Labute approximate surface area is 125 Å². The SMILES string of the molecule is CC1CCC(NCc2ccc(C(N)=O)cc2Cl)C(C)C1. The van der Waals surface area contributed by atoms with Gasteiger partial charge in [0.1, 0.15) is 0 Å². The first-order chi connectivity index (χ1) is 9.47. The van der Waals surface area contributed by atoms with Crippen molar-refractivity contribution < 1.29 is 4.79 Å². The van der Waals surface area contributed by atoms with Crippen molar-refractivity contribution in [1.82, 2.24) is 5.32 Å². The second-order valence-corrected chi connectivity index (χ2v) is 6.46. The number of nitrogens with two attached hydrogens (primary N) is 1. The fourth-order valence-corrected chi connectivity index (χ4v) is 3.30. The van der Waals surface area contributed by atoms with Crippen LogP contribution in [0, 0.1) is 11.8 Å². The number of primary amides is 1. The summed E-state index contributed by atoms with van der Waals surface area (Å²) in [7, 11) is 0. The van der Waals surface area contributed by atoms with Crippen LogP contribution < -0.4 is 11.1 Å². The third-order valence-electron chi connectivity index (χ3n) is 4.32. The highest BCUT2D eigenvalue weighted by molar-refractivity contribution is 6.31. The van der Waals surface area contributed by atoms with Crippen LogP contribution in [0.2, 0.25) is 5.02 Å². The minimum absolute atomic E-state index is 0.443. The Bertz CT molecular complexity index is 489. The molecule has 2 rings (SSSR count). The number of halogens is 1. The van der Waals surface area contributed by atoms with Gasteiger partial charge in [-0.2, -0.15) is 0 Å². The summed E-state index contributed by atoms with van der Waals surface area (Å²) in [5.41, 5.74) is 6.71. The Morgan fingerprint density at radius 1 is 1.40 bits per heavy atom. The Kier molecular flexibility index (Phi) is 5.06. The first-order valence-corrected chi connectivity index (χ1v) is 7.66. The number of nitrogens with one attached hydrogen (secondary N) is 1. The minimum atomic E-state index is -0.443. The topological polar surface area (TPSA) is 55.1 Å². The van der Waals surface area contributed by atoms with E-state index in [4.69, 9.17) is 17.3 Å². The molecule has 0 bridgehead atoms. The van der Waals surface area contributed by atoms with Gasteiger partial charge in [0.15, 0.2) is 0 Å². The van der Waals surface area contributed by atoms with Crippen molar-refractivity contribution in [3.05, 3.63) is 34.3 Å². The van der Waals surface area contributed by atoms with Gasteiger partial charge in [-0.25, -0.2) is 0 Å². The zero-order valence-corrected chi connectivity index (χ0v) is 12.9. The number of benzene rings is 1. The molecule has 0 radical (unpaired) electrons. The van der Waals surface area contributed by atoms with E-state index in [1.165, 1.54) is 19.3 Å². The maximum absolute atomic E-state index is 11.1. The molecule has 20 heavy (non-hydrogen) atoms. The van der Waals surface area contributed by atoms with Crippen LogP contribution in [0.25, 0.3) is 0 Å². The van der Waals surface area contributed by atoms with Crippen molar-refractivity contribution in [2.24, 2.45) is 17.6 Å². The Balaban J connectivity index is 1.95. The largest absolute Gasteiger partial charge is 0.366 e. The van der Waals surface area contributed by atoms with E-state index in [0.29, 0.717) is 22.5 Å². The molecular formula is C16H23ClN2O. The number of amides is 1. The maximum Gasteiger partial charge on any atom is 0.248 e. The van der Waals surface area contributed by atoms with E-state index >= 15 is 0 Å². The fourth-order valence-electron chi connectivity index (χ4n) is 3.05. The number of hydrogen-bond donors (Lipinski definition) is 2. The van der Waals surface area contributed by atoms with Gasteiger partial charge in [0.05, 0.1) is 0 Å². The fraction of sp³-hybridized carbons (Fsp3) is 0.562. The van der Waals surface area contributed by atoms with Crippen molar-refractivity contribution in [2.75, 3.05) is 0 Å². The molecule has 1 aliphatic carbocycles. The van der Waals surface area contributed by atoms with Crippen LogP contribution in [0.1, 0.15) is 49.0 Å². The summed E-state index contributed by atoms with van der Waals surface area (Å²) < 4.78 is 0. The predicted octanol–water partition coefficient (Wildman–Crippen LogP) is 3.35. The summed E-state index contributed by atoms with van der Waals surface area (Å²) in [6.07, 6.45) is 3.79. The number of carbonyl (C=O) groups excluding carboxylic acids is 1. The third kappa shape index (κ3) is 3.74. The van der Waals surface area contributed by atoms with Gasteiger partial charge in [-0.15, -0.1) is 0 Å². The highest BCUT2D eigenvalue weighted by Crippen LogP contribution is 2.29. The monoisotopic (exact) mass is 294 g/mol.